The number of rotatable bonds is 7. The third-order valence-electron chi connectivity index (χ3n) is 5.54. The van der Waals surface area contributed by atoms with Crippen molar-refractivity contribution in [3.8, 4) is 0 Å². The molecule has 1 amide bonds. The summed E-state index contributed by atoms with van der Waals surface area (Å²) >= 11 is 0. The van der Waals surface area contributed by atoms with Gasteiger partial charge in [0, 0.05) is 37.6 Å². The number of carbonyl (C=O) groups is 1. The van der Waals surface area contributed by atoms with Gasteiger partial charge in [-0.05, 0) is 69.5 Å². The molecular weight excluding hydrogens is 346 g/mol. The molecule has 0 bridgehead atoms. The van der Waals surface area contributed by atoms with Crippen LogP contribution in [0.4, 0.5) is 11.4 Å². The standard InChI is InChI=1S/C24H33N3O/c1-4-27(23-11-7-6-10-20(23)2)24(28)19-25(3)18-21-12-14-22(15-13-21)26-16-8-5-9-17-26/h6-7,10-15H,4-5,8-9,16-19H2,1-3H3. The highest BCUT2D eigenvalue weighted by atomic mass is 16.2. The molecule has 0 aromatic heterocycles. The van der Waals surface area contributed by atoms with Crippen LogP contribution >= 0.6 is 0 Å². The molecule has 1 aliphatic heterocycles. The van der Waals surface area contributed by atoms with Crippen LogP contribution in [0.3, 0.4) is 0 Å². The van der Waals surface area contributed by atoms with E-state index in [1.807, 2.05) is 37.1 Å². The van der Waals surface area contributed by atoms with Crippen LogP contribution < -0.4 is 9.80 Å². The molecule has 0 radical (unpaired) electrons. The van der Waals surface area contributed by atoms with Gasteiger partial charge in [-0.25, -0.2) is 0 Å². The number of benzene rings is 2. The number of hydrogen-bond donors (Lipinski definition) is 0. The van der Waals surface area contributed by atoms with Crippen LogP contribution in [0, 0.1) is 6.92 Å². The quantitative estimate of drug-likeness (QED) is 0.710. The summed E-state index contributed by atoms with van der Waals surface area (Å²) in [5, 5.41) is 0. The van der Waals surface area contributed by atoms with Crippen molar-refractivity contribution in [2.24, 2.45) is 0 Å². The maximum atomic E-state index is 12.9. The third-order valence-corrected chi connectivity index (χ3v) is 5.54. The zero-order chi connectivity index (χ0) is 19.9. The van der Waals surface area contributed by atoms with Crippen LogP contribution in [-0.2, 0) is 11.3 Å². The van der Waals surface area contributed by atoms with Crippen molar-refractivity contribution in [2.45, 2.75) is 39.7 Å². The Morgan fingerprint density at radius 1 is 1.00 bits per heavy atom. The lowest BCUT2D eigenvalue weighted by atomic mass is 10.1. The zero-order valence-corrected chi connectivity index (χ0v) is 17.5. The Balaban J connectivity index is 1.57. The van der Waals surface area contributed by atoms with Gasteiger partial charge < -0.3 is 9.80 Å². The molecular formula is C24H33N3O. The maximum absolute atomic E-state index is 12.9. The number of carbonyl (C=O) groups excluding carboxylic acids is 1. The molecule has 1 saturated heterocycles. The van der Waals surface area contributed by atoms with Crippen LogP contribution in [-0.4, -0.2) is 44.0 Å². The van der Waals surface area contributed by atoms with Crippen molar-refractivity contribution in [1.82, 2.24) is 4.90 Å². The van der Waals surface area contributed by atoms with Gasteiger partial charge in [0.2, 0.25) is 5.91 Å². The lowest BCUT2D eigenvalue weighted by Gasteiger charge is -2.29. The molecule has 0 saturated carbocycles. The molecule has 1 fully saturated rings. The maximum Gasteiger partial charge on any atom is 0.241 e. The lowest BCUT2D eigenvalue weighted by Crippen LogP contribution is -2.39. The number of hydrogen-bond acceptors (Lipinski definition) is 3. The fraction of sp³-hybridized carbons (Fsp3) is 0.458. The number of nitrogens with zero attached hydrogens (tertiary/aromatic N) is 3. The Hall–Kier alpha value is -2.33. The molecule has 0 N–H and O–H groups in total. The van der Waals surface area contributed by atoms with E-state index < -0.39 is 0 Å². The molecule has 0 aliphatic carbocycles. The van der Waals surface area contributed by atoms with Gasteiger partial charge in [0.25, 0.3) is 0 Å². The third kappa shape index (κ3) is 5.14. The number of para-hydroxylation sites is 1. The fourth-order valence-electron chi connectivity index (χ4n) is 4.00. The van der Waals surface area contributed by atoms with Gasteiger partial charge in [0.1, 0.15) is 0 Å². The number of aryl methyl sites for hydroxylation is 1. The first-order chi connectivity index (χ1) is 13.6. The van der Waals surface area contributed by atoms with Crippen molar-refractivity contribution in [2.75, 3.05) is 43.0 Å². The predicted molar refractivity (Wildman–Crippen MR) is 118 cm³/mol. The summed E-state index contributed by atoms with van der Waals surface area (Å²) in [4.78, 5) is 19.3. The Morgan fingerprint density at radius 3 is 2.32 bits per heavy atom. The van der Waals surface area contributed by atoms with Crippen LogP contribution in [0.2, 0.25) is 0 Å². The first kappa shape index (κ1) is 20.4. The van der Waals surface area contributed by atoms with Gasteiger partial charge in [-0.2, -0.15) is 0 Å². The first-order valence-corrected chi connectivity index (χ1v) is 10.5. The zero-order valence-electron chi connectivity index (χ0n) is 17.5. The summed E-state index contributed by atoms with van der Waals surface area (Å²) in [6.45, 7) is 8.29. The van der Waals surface area contributed by atoms with Gasteiger partial charge in [-0.1, -0.05) is 30.3 Å². The van der Waals surface area contributed by atoms with E-state index in [-0.39, 0.29) is 5.91 Å². The van der Waals surface area contributed by atoms with E-state index >= 15 is 0 Å². The molecule has 0 unspecified atom stereocenters. The fourth-order valence-corrected chi connectivity index (χ4v) is 4.00. The van der Waals surface area contributed by atoms with E-state index in [0.717, 1.165) is 17.8 Å². The molecule has 3 rings (SSSR count). The van der Waals surface area contributed by atoms with E-state index in [9.17, 15) is 4.79 Å². The molecule has 150 valence electrons. The molecule has 1 aliphatic rings. The van der Waals surface area contributed by atoms with Gasteiger partial charge in [0.15, 0.2) is 0 Å². The number of anilines is 2. The van der Waals surface area contributed by atoms with E-state index in [4.69, 9.17) is 0 Å². The summed E-state index contributed by atoms with van der Waals surface area (Å²) < 4.78 is 0. The molecule has 4 nitrogen and oxygen atoms in total. The summed E-state index contributed by atoms with van der Waals surface area (Å²) in [6.07, 6.45) is 3.94. The van der Waals surface area contributed by atoms with Gasteiger partial charge in [0.05, 0.1) is 6.54 Å². The lowest BCUT2D eigenvalue weighted by molar-refractivity contribution is -0.119. The monoisotopic (exact) mass is 379 g/mol. The van der Waals surface area contributed by atoms with Crippen LogP contribution in [0.1, 0.15) is 37.3 Å². The second-order valence-electron chi connectivity index (χ2n) is 7.81. The minimum atomic E-state index is 0.143. The first-order valence-electron chi connectivity index (χ1n) is 10.5. The summed E-state index contributed by atoms with van der Waals surface area (Å²) in [7, 11) is 2.02. The summed E-state index contributed by atoms with van der Waals surface area (Å²) in [5.74, 6) is 0.143. The average molecular weight is 380 g/mol. The topological polar surface area (TPSA) is 26.8 Å². The number of piperidine rings is 1. The minimum Gasteiger partial charge on any atom is -0.372 e. The molecule has 4 heteroatoms. The summed E-state index contributed by atoms with van der Waals surface area (Å²) in [5.41, 5.74) is 4.71. The van der Waals surface area contributed by atoms with Gasteiger partial charge >= 0.3 is 0 Å². The van der Waals surface area contributed by atoms with E-state index in [0.29, 0.717) is 13.1 Å². The van der Waals surface area contributed by atoms with Crippen molar-refractivity contribution in [1.29, 1.82) is 0 Å². The van der Waals surface area contributed by atoms with E-state index in [2.05, 4.69) is 47.1 Å². The summed E-state index contributed by atoms with van der Waals surface area (Å²) in [6, 6.07) is 16.9. The molecule has 1 heterocycles. The van der Waals surface area contributed by atoms with Crippen LogP contribution in [0.25, 0.3) is 0 Å². The normalized spacial score (nSPS) is 14.4. The SMILES string of the molecule is CCN(C(=O)CN(C)Cc1ccc(N2CCCCC2)cc1)c1ccccc1C. The Bertz CT molecular complexity index is 766. The average Bonchev–Trinajstić information content (AvgIpc) is 2.71. The number of likely N-dealkylation sites (N-methyl/N-ethyl adjacent to an activating group) is 2. The Labute approximate surface area is 169 Å². The van der Waals surface area contributed by atoms with Crippen molar-refractivity contribution >= 4 is 17.3 Å². The second kappa shape index (κ2) is 9.74. The largest absolute Gasteiger partial charge is 0.372 e. The van der Waals surface area contributed by atoms with Crippen molar-refractivity contribution in [3.05, 3.63) is 59.7 Å². The van der Waals surface area contributed by atoms with Gasteiger partial charge in [-0.15, -0.1) is 0 Å². The second-order valence-corrected chi connectivity index (χ2v) is 7.81. The van der Waals surface area contributed by atoms with Crippen LogP contribution in [0.5, 0.6) is 0 Å². The molecule has 28 heavy (non-hydrogen) atoms. The minimum absolute atomic E-state index is 0.143. The van der Waals surface area contributed by atoms with Gasteiger partial charge in [-0.3, -0.25) is 9.69 Å². The number of amides is 1. The van der Waals surface area contributed by atoms with E-state index in [1.165, 1.54) is 43.6 Å². The molecule has 2 aromatic rings. The van der Waals surface area contributed by atoms with E-state index in [1.54, 1.807) is 0 Å². The smallest absolute Gasteiger partial charge is 0.241 e. The Kier molecular flexibility index (Phi) is 7.10. The van der Waals surface area contributed by atoms with Crippen molar-refractivity contribution in [3.63, 3.8) is 0 Å². The highest BCUT2D eigenvalue weighted by molar-refractivity contribution is 5.95. The van der Waals surface area contributed by atoms with Crippen LogP contribution in [0.15, 0.2) is 48.5 Å². The molecule has 0 atom stereocenters. The highest BCUT2D eigenvalue weighted by Crippen LogP contribution is 2.21. The highest BCUT2D eigenvalue weighted by Gasteiger charge is 2.17. The Morgan fingerprint density at radius 2 is 1.68 bits per heavy atom. The molecule has 2 aromatic carbocycles. The molecule has 0 spiro atoms. The predicted octanol–water partition coefficient (Wildman–Crippen LogP) is 4.47. The van der Waals surface area contributed by atoms with Crippen molar-refractivity contribution < 1.29 is 4.79 Å².